The third kappa shape index (κ3) is 5.51. The molecular weight excluding hydrogens is 438 g/mol. The summed E-state index contributed by atoms with van der Waals surface area (Å²) in [6.07, 6.45) is 0.692. The van der Waals surface area contributed by atoms with Crippen molar-refractivity contribution in [2.45, 2.75) is 45.3 Å². The fraction of sp³-hybridized carbons (Fsp3) is 0.400. The van der Waals surface area contributed by atoms with Gasteiger partial charge in [-0.2, -0.15) is 0 Å². The summed E-state index contributed by atoms with van der Waals surface area (Å²) in [5.41, 5.74) is 0.645. The zero-order chi connectivity index (χ0) is 23.4. The van der Waals surface area contributed by atoms with Crippen molar-refractivity contribution in [3.05, 3.63) is 53.5 Å². The van der Waals surface area contributed by atoms with Crippen LogP contribution in [0.5, 0.6) is 5.75 Å². The molecule has 1 aliphatic heterocycles. The van der Waals surface area contributed by atoms with E-state index in [0.717, 1.165) is 17.2 Å². The maximum absolute atomic E-state index is 13.0. The molecular formula is C25H29N3O4S. The third-order valence-corrected chi connectivity index (χ3v) is 6.62. The lowest BCUT2D eigenvalue weighted by Gasteiger charge is -2.29. The second-order valence-electron chi connectivity index (χ2n) is 8.53. The lowest BCUT2D eigenvalue weighted by atomic mass is 10.1. The number of amides is 2. The number of aromatic nitrogens is 1. The molecule has 0 spiro atoms. The van der Waals surface area contributed by atoms with Crippen molar-refractivity contribution in [3.63, 3.8) is 0 Å². The first-order valence-electron chi connectivity index (χ1n) is 11.2. The van der Waals surface area contributed by atoms with E-state index in [2.05, 4.69) is 4.98 Å². The molecule has 2 heterocycles. The Kier molecular flexibility index (Phi) is 7.25. The second-order valence-corrected chi connectivity index (χ2v) is 9.37. The van der Waals surface area contributed by atoms with Crippen molar-refractivity contribution >= 4 is 39.1 Å². The molecule has 0 aliphatic carbocycles. The number of carbonyl (C=O) groups is 2. The monoisotopic (exact) mass is 467 g/mol. The normalized spacial score (nSPS) is 14.8. The van der Waals surface area contributed by atoms with E-state index in [1.807, 2.05) is 61.7 Å². The number of benzene rings is 2. The van der Waals surface area contributed by atoms with Crippen LogP contribution in [0.15, 0.2) is 47.8 Å². The molecule has 1 aliphatic rings. The van der Waals surface area contributed by atoms with E-state index < -0.39 is 6.10 Å². The fourth-order valence-electron chi connectivity index (χ4n) is 4.00. The Balaban J connectivity index is 1.35. The van der Waals surface area contributed by atoms with Crippen LogP contribution in [0.1, 0.15) is 32.4 Å². The van der Waals surface area contributed by atoms with Gasteiger partial charge >= 0.3 is 0 Å². The Hall–Kier alpha value is -2.97. The van der Waals surface area contributed by atoms with E-state index >= 15 is 0 Å². The number of carbonyl (C=O) groups excluding carboxylic acids is 2. The van der Waals surface area contributed by atoms with Gasteiger partial charge in [-0.3, -0.25) is 14.5 Å². The summed E-state index contributed by atoms with van der Waals surface area (Å²) < 4.78 is 5.89. The smallest absolute Gasteiger partial charge is 0.228 e. The molecule has 1 saturated heterocycles. The Morgan fingerprint density at radius 3 is 2.79 bits per heavy atom. The molecule has 1 N–H and O–H groups in total. The van der Waals surface area contributed by atoms with Crippen molar-refractivity contribution in [1.82, 2.24) is 9.88 Å². The highest BCUT2D eigenvalue weighted by molar-refractivity contribution is 7.14. The number of ether oxygens (including phenoxy) is 1. The SMILES string of the molecule is CC(C)N(CC(O)COc1cccc2ccccc12)C(=O)Cc1csc(N2CCCC2=O)n1. The fourth-order valence-corrected chi connectivity index (χ4v) is 4.86. The molecule has 4 rings (SSSR count). The van der Waals surface area contributed by atoms with Crippen LogP contribution >= 0.6 is 11.3 Å². The average Bonchev–Trinajstić information content (AvgIpc) is 3.44. The quantitative estimate of drug-likeness (QED) is 0.520. The number of aliphatic hydroxyl groups is 1. The molecule has 1 unspecified atom stereocenters. The van der Waals surface area contributed by atoms with Crippen LogP contribution in [-0.2, 0) is 16.0 Å². The number of fused-ring (bicyclic) bond motifs is 1. The van der Waals surface area contributed by atoms with Crippen LogP contribution < -0.4 is 9.64 Å². The highest BCUT2D eigenvalue weighted by atomic mass is 32.1. The number of hydrogen-bond acceptors (Lipinski definition) is 6. The Morgan fingerprint density at radius 2 is 2.03 bits per heavy atom. The van der Waals surface area contributed by atoms with E-state index in [1.54, 1.807) is 9.80 Å². The van der Waals surface area contributed by atoms with E-state index in [0.29, 0.717) is 29.5 Å². The lowest BCUT2D eigenvalue weighted by Crippen LogP contribution is -2.44. The highest BCUT2D eigenvalue weighted by Gasteiger charge is 2.26. The van der Waals surface area contributed by atoms with Gasteiger partial charge in [-0.05, 0) is 31.7 Å². The zero-order valence-electron chi connectivity index (χ0n) is 18.9. The van der Waals surface area contributed by atoms with Gasteiger partial charge in [0, 0.05) is 29.8 Å². The van der Waals surface area contributed by atoms with Gasteiger partial charge in [0.15, 0.2) is 5.13 Å². The molecule has 8 heteroatoms. The minimum absolute atomic E-state index is 0.0806. The first kappa shape index (κ1) is 23.2. The van der Waals surface area contributed by atoms with Crippen LogP contribution in [0.2, 0.25) is 0 Å². The van der Waals surface area contributed by atoms with Gasteiger partial charge in [0.1, 0.15) is 18.5 Å². The van der Waals surface area contributed by atoms with E-state index in [4.69, 9.17) is 4.74 Å². The van der Waals surface area contributed by atoms with E-state index in [-0.39, 0.29) is 37.4 Å². The molecule has 2 aromatic carbocycles. The molecule has 1 fully saturated rings. The molecule has 3 aromatic rings. The zero-order valence-corrected chi connectivity index (χ0v) is 19.8. The number of thiazole rings is 1. The van der Waals surface area contributed by atoms with Crippen molar-refractivity contribution in [2.75, 3.05) is 24.6 Å². The van der Waals surface area contributed by atoms with Gasteiger partial charge in [0.05, 0.1) is 18.7 Å². The van der Waals surface area contributed by atoms with Crippen LogP contribution in [0.3, 0.4) is 0 Å². The largest absolute Gasteiger partial charge is 0.490 e. The Bertz CT molecular complexity index is 1120. The summed E-state index contributed by atoms with van der Waals surface area (Å²) >= 11 is 1.39. The van der Waals surface area contributed by atoms with Crippen molar-refractivity contribution in [2.24, 2.45) is 0 Å². The molecule has 1 atom stereocenters. The van der Waals surface area contributed by atoms with Gasteiger partial charge in [-0.25, -0.2) is 4.98 Å². The number of rotatable bonds is 9. The maximum Gasteiger partial charge on any atom is 0.228 e. The van der Waals surface area contributed by atoms with Gasteiger partial charge in [0.2, 0.25) is 11.8 Å². The topological polar surface area (TPSA) is 83.0 Å². The van der Waals surface area contributed by atoms with Crippen molar-refractivity contribution in [3.8, 4) is 5.75 Å². The van der Waals surface area contributed by atoms with Gasteiger partial charge in [-0.1, -0.05) is 36.4 Å². The summed E-state index contributed by atoms with van der Waals surface area (Å²) in [4.78, 5) is 32.8. The first-order chi connectivity index (χ1) is 15.9. The number of aliphatic hydroxyl groups excluding tert-OH is 1. The van der Waals surface area contributed by atoms with Gasteiger partial charge in [-0.15, -0.1) is 11.3 Å². The summed E-state index contributed by atoms with van der Waals surface area (Å²) in [5, 5.41) is 15.2. The highest BCUT2D eigenvalue weighted by Crippen LogP contribution is 2.26. The second kappa shape index (κ2) is 10.3. The molecule has 7 nitrogen and oxygen atoms in total. The predicted octanol–water partition coefficient (Wildman–Crippen LogP) is 3.64. The summed E-state index contributed by atoms with van der Waals surface area (Å²) in [7, 11) is 0. The molecule has 33 heavy (non-hydrogen) atoms. The van der Waals surface area contributed by atoms with E-state index in [1.165, 1.54) is 11.3 Å². The minimum Gasteiger partial charge on any atom is -0.490 e. The van der Waals surface area contributed by atoms with Crippen LogP contribution in [0.25, 0.3) is 10.8 Å². The maximum atomic E-state index is 13.0. The third-order valence-electron chi connectivity index (χ3n) is 5.71. The Labute approximate surface area is 197 Å². The molecule has 0 radical (unpaired) electrons. The minimum atomic E-state index is -0.830. The number of anilines is 1. The summed E-state index contributed by atoms with van der Waals surface area (Å²) in [6.45, 7) is 4.78. The molecule has 2 amide bonds. The molecule has 1 aromatic heterocycles. The standard InChI is InChI=1S/C25H29N3O4S/c1-17(2)28(24(31)13-19-16-33-25(26-19)27-12-6-11-23(27)30)14-20(29)15-32-22-10-5-8-18-7-3-4-9-21(18)22/h3-5,7-10,16-17,20,29H,6,11-15H2,1-2H3. The molecule has 0 saturated carbocycles. The summed E-state index contributed by atoms with van der Waals surface area (Å²) in [6, 6.07) is 13.7. The summed E-state index contributed by atoms with van der Waals surface area (Å²) in [5.74, 6) is 0.681. The van der Waals surface area contributed by atoms with Crippen LogP contribution in [-0.4, -0.2) is 58.6 Å². The first-order valence-corrected chi connectivity index (χ1v) is 12.1. The predicted molar refractivity (Wildman–Crippen MR) is 130 cm³/mol. The van der Waals surface area contributed by atoms with Gasteiger partial charge < -0.3 is 14.7 Å². The van der Waals surface area contributed by atoms with Crippen molar-refractivity contribution < 1.29 is 19.4 Å². The molecule has 174 valence electrons. The average molecular weight is 468 g/mol. The number of hydrogen-bond donors (Lipinski definition) is 1. The lowest BCUT2D eigenvalue weighted by molar-refractivity contribution is -0.134. The van der Waals surface area contributed by atoms with Gasteiger partial charge in [0.25, 0.3) is 0 Å². The van der Waals surface area contributed by atoms with Crippen LogP contribution in [0.4, 0.5) is 5.13 Å². The van der Waals surface area contributed by atoms with Crippen molar-refractivity contribution in [1.29, 1.82) is 0 Å². The molecule has 0 bridgehead atoms. The Morgan fingerprint density at radius 1 is 1.24 bits per heavy atom. The van der Waals surface area contributed by atoms with E-state index in [9.17, 15) is 14.7 Å². The van der Waals surface area contributed by atoms with Crippen LogP contribution in [0, 0.1) is 0 Å². The number of nitrogens with zero attached hydrogens (tertiary/aromatic N) is 3.